The number of nitrogens with zero attached hydrogens (tertiary/aromatic N) is 2. The summed E-state index contributed by atoms with van der Waals surface area (Å²) in [5, 5.41) is 2.50. The van der Waals surface area contributed by atoms with E-state index in [0.29, 0.717) is 15.9 Å². The lowest BCUT2D eigenvalue weighted by atomic mass is 10.2. The molecule has 4 rings (SSSR count). The number of para-hydroxylation sites is 1. The summed E-state index contributed by atoms with van der Waals surface area (Å²) in [6.45, 7) is -1.41. The fourth-order valence-electron chi connectivity index (χ4n) is 2.99. The van der Waals surface area contributed by atoms with Crippen molar-refractivity contribution in [2.24, 2.45) is 0 Å². The third-order valence-corrected chi connectivity index (χ3v) is 6.44. The van der Waals surface area contributed by atoms with E-state index in [9.17, 15) is 22.8 Å². The molecule has 5 nitrogen and oxygen atoms in total. The van der Waals surface area contributed by atoms with E-state index in [-0.39, 0.29) is 16.5 Å². The summed E-state index contributed by atoms with van der Waals surface area (Å²) >= 11 is 2.26. The number of thioether (sulfide) groups is 1. The third kappa shape index (κ3) is 5.03. The van der Waals surface area contributed by atoms with Crippen molar-refractivity contribution in [2.45, 2.75) is 11.3 Å². The Bertz CT molecular complexity index is 1300. The van der Waals surface area contributed by atoms with Crippen LogP contribution in [-0.2, 0) is 4.79 Å². The summed E-state index contributed by atoms with van der Waals surface area (Å²) in [6.07, 6.45) is -4.49. The van der Waals surface area contributed by atoms with Crippen LogP contribution in [0.4, 0.5) is 13.2 Å². The van der Waals surface area contributed by atoms with Gasteiger partial charge >= 0.3 is 6.18 Å². The molecule has 0 radical (unpaired) electrons. The molecule has 0 spiro atoms. The highest BCUT2D eigenvalue weighted by Crippen LogP contribution is 2.32. The van der Waals surface area contributed by atoms with Crippen molar-refractivity contribution in [1.29, 1.82) is 0 Å². The first-order valence-corrected chi connectivity index (χ1v) is 11.3. The second-order valence-electron chi connectivity index (χ2n) is 6.75. The van der Waals surface area contributed by atoms with E-state index < -0.39 is 18.6 Å². The van der Waals surface area contributed by atoms with Crippen LogP contribution in [0, 0.1) is 0 Å². The van der Waals surface area contributed by atoms with E-state index in [2.05, 4.69) is 4.98 Å². The zero-order valence-corrected chi connectivity index (χ0v) is 18.1. The highest BCUT2D eigenvalue weighted by atomic mass is 32.2. The van der Waals surface area contributed by atoms with Crippen LogP contribution in [0.25, 0.3) is 26.3 Å². The van der Waals surface area contributed by atoms with Crippen molar-refractivity contribution in [3.63, 3.8) is 0 Å². The molecule has 2 aromatic heterocycles. The van der Waals surface area contributed by atoms with Crippen LogP contribution >= 0.6 is 23.1 Å². The molecule has 1 amide bonds. The number of thiophene rings is 1. The van der Waals surface area contributed by atoms with E-state index in [1.54, 1.807) is 36.4 Å². The molecule has 0 saturated heterocycles. The summed E-state index contributed by atoms with van der Waals surface area (Å²) < 4.78 is 38.4. The molecule has 0 atom stereocenters. The topological polar surface area (TPSA) is 64.0 Å². The van der Waals surface area contributed by atoms with Crippen molar-refractivity contribution in [3.8, 4) is 16.1 Å². The largest absolute Gasteiger partial charge is 0.405 e. The molecule has 0 unspecified atom stereocenters. The molecule has 10 heteroatoms. The van der Waals surface area contributed by atoms with Gasteiger partial charge in [-0.2, -0.15) is 13.2 Å². The molecular formula is C22H16F3N3O2S2. The summed E-state index contributed by atoms with van der Waals surface area (Å²) in [5.41, 5.74) is 1.19. The predicted octanol–water partition coefficient (Wildman–Crippen LogP) is 4.88. The summed E-state index contributed by atoms with van der Waals surface area (Å²) in [5.74, 6) is -1.10. The van der Waals surface area contributed by atoms with E-state index >= 15 is 0 Å². The Hall–Kier alpha value is -3.11. The van der Waals surface area contributed by atoms with Crippen molar-refractivity contribution < 1.29 is 18.0 Å². The number of amides is 1. The molecule has 1 N–H and O–H groups in total. The maximum atomic E-state index is 13.4. The Kier molecular flexibility index (Phi) is 6.33. The molecule has 32 heavy (non-hydrogen) atoms. The lowest BCUT2D eigenvalue weighted by molar-refractivity contribution is -0.136. The van der Waals surface area contributed by atoms with Gasteiger partial charge in [-0.25, -0.2) is 4.98 Å². The molecule has 0 aliphatic carbocycles. The van der Waals surface area contributed by atoms with Gasteiger partial charge in [0.25, 0.3) is 5.56 Å². The van der Waals surface area contributed by atoms with Crippen molar-refractivity contribution >= 4 is 39.2 Å². The number of carbonyl (C=O) groups is 1. The molecule has 2 heterocycles. The number of nitrogens with one attached hydrogen (secondary N) is 1. The lowest BCUT2D eigenvalue weighted by Crippen LogP contribution is -2.35. The highest BCUT2D eigenvalue weighted by molar-refractivity contribution is 7.99. The molecule has 0 aliphatic rings. The molecule has 164 valence electrons. The number of rotatable bonds is 6. The normalized spacial score (nSPS) is 11.6. The van der Waals surface area contributed by atoms with Crippen LogP contribution in [0.3, 0.4) is 0 Å². The van der Waals surface area contributed by atoms with E-state index in [4.69, 9.17) is 0 Å². The number of fused-ring (bicyclic) bond motifs is 1. The Morgan fingerprint density at radius 2 is 1.72 bits per heavy atom. The van der Waals surface area contributed by atoms with Crippen molar-refractivity contribution in [1.82, 2.24) is 14.9 Å². The van der Waals surface area contributed by atoms with Crippen LogP contribution in [0.15, 0.2) is 76.7 Å². The zero-order valence-electron chi connectivity index (χ0n) is 16.4. The average Bonchev–Trinajstić information content (AvgIpc) is 3.22. The number of benzene rings is 2. The van der Waals surface area contributed by atoms with Gasteiger partial charge in [-0.05, 0) is 23.8 Å². The first-order valence-electron chi connectivity index (χ1n) is 9.45. The first kappa shape index (κ1) is 22.1. The van der Waals surface area contributed by atoms with Crippen LogP contribution in [0.1, 0.15) is 0 Å². The highest BCUT2D eigenvalue weighted by Gasteiger charge is 2.27. The van der Waals surface area contributed by atoms with Crippen molar-refractivity contribution in [2.75, 3.05) is 12.3 Å². The van der Waals surface area contributed by atoms with Gasteiger partial charge in [0.2, 0.25) is 5.91 Å². The molecule has 0 fully saturated rings. The number of halogens is 3. The third-order valence-electron chi connectivity index (χ3n) is 4.43. The van der Waals surface area contributed by atoms with Gasteiger partial charge in [0.1, 0.15) is 11.4 Å². The Morgan fingerprint density at radius 1 is 1.06 bits per heavy atom. The Morgan fingerprint density at radius 3 is 2.38 bits per heavy atom. The van der Waals surface area contributed by atoms with Gasteiger partial charge in [-0.3, -0.25) is 14.2 Å². The van der Waals surface area contributed by atoms with Gasteiger partial charge in [0.15, 0.2) is 5.16 Å². The number of carbonyl (C=O) groups excluding carboxylic acids is 1. The minimum Gasteiger partial charge on any atom is -0.346 e. The predicted molar refractivity (Wildman–Crippen MR) is 120 cm³/mol. The Labute approximate surface area is 188 Å². The van der Waals surface area contributed by atoms with Crippen LogP contribution in [-0.4, -0.2) is 33.9 Å². The van der Waals surface area contributed by atoms with E-state index in [1.807, 2.05) is 35.6 Å². The fourth-order valence-corrected chi connectivity index (χ4v) is 4.91. The quantitative estimate of drug-likeness (QED) is 0.319. The maximum absolute atomic E-state index is 13.4. The second kappa shape index (κ2) is 9.17. The Balaban J connectivity index is 1.73. The standard InChI is InChI=1S/C22H16F3N3O2S2/c23-22(24,25)13-26-18(29)12-31-21-27-19-16(11-17(32-19)14-7-3-1-4-8-14)20(30)28(21)15-9-5-2-6-10-15/h1-11H,12-13H2,(H,26,29). The summed E-state index contributed by atoms with van der Waals surface area (Å²) in [4.78, 5) is 31.2. The summed E-state index contributed by atoms with van der Waals surface area (Å²) in [7, 11) is 0. The monoisotopic (exact) mass is 475 g/mol. The van der Waals surface area contributed by atoms with Crippen LogP contribution < -0.4 is 10.9 Å². The molecule has 2 aromatic carbocycles. The first-order chi connectivity index (χ1) is 15.3. The fraction of sp³-hybridized carbons (Fsp3) is 0.136. The molecular weight excluding hydrogens is 459 g/mol. The van der Waals surface area contributed by atoms with Crippen molar-refractivity contribution in [3.05, 3.63) is 77.1 Å². The number of hydrogen-bond donors (Lipinski definition) is 1. The zero-order chi connectivity index (χ0) is 22.7. The van der Waals surface area contributed by atoms with Gasteiger partial charge < -0.3 is 5.32 Å². The summed E-state index contributed by atoms with van der Waals surface area (Å²) in [6, 6.07) is 20.1. The van der Waals surface area contributed by atoms with Crippen LogP contribution in [0.5, 0.6) is 0 Å². The minimum atomic E-state index is -4.49. The van der Waals surface area contributed by atoms with E-state index in [1.165, 1.54) is 15.9 Å². The molecule has 4 aromatic rings. The molecule has 0 bridgehead atoms. The lowest BCUT2D eigenvalue weighted by Gasteiger charge is -2.12. The van der Waals surface area contributed by atoms with Crippen LogP contribution in [0.2, 0.25) is 0 Å². The SMILES string of the molecule is O=C(CSc1nc2sc(-c3ccccc3)cc2c(=O)n1-c1ccccc1)NCC(F)(F)F. The number of alkyl halides is 3. The smallest absolute Gasteiger partial charge is 0.346 e. The number of aromatic nitrogens is 2. The second-order valence-corrected chi connectivity index (χ2v) is 8.72. The minimum absolute atomic E-state index is 0.234. The van der Waals surface area contributed by atoms with E-state index in [0.717, 1.165) is 22.2 Å². The van der Waals surface area contributed by atoms with Gasteiger partial charge in [-0.1, -0.05) is 60.3 Å². The molecule has 0 saturated carbocycles. The molecule has 0 aliphatic heterocycles. The van der Waals surface area contributed by atoms with Gasteiger partial charge in [0.05, 0.1) is 16.8 Å². The average molecular weight is 476 g/mol. The maximum Gasteiger partial charge on any atom is 0.405 e. The van der Waals surface area contributed by atoms with Gasteiger partial charge in [0, 0.05) is 4.88 Å². The van der Waals surface area contributed by atoms with Gasteiger partial charge in [-0.15, -0.1) is 11.3 Å². The number of hydrogen-bond acceptors (Lipinski definition) is 5.